The predicted molar refractivity (Wildman–Crippen MR) is 79.8 cm³/mol. The Balaban J connectivity index is 2.06. The standard InChI is InChI=1S/C14H20N2OS/c1-4-14(3)10-18-13(16-14)15-11-7-6-8-12(9-11)17-5-2/h6-9H,4-5,10H2,1-3H3,(H,15,16). The van der Waals surface area contributed by atoms with Gasteiger partial charge in [-0.3, -0.25) is 4.99 Å². The fourth-order valence-corrected chi connectivity index (χ4v) is 2.92. The number of rotatable bonds is 4. The number of hydrogen-bond donors (Lipinski definition) is 1. The molecule has 1 aromatic rings. The normalized spacial score (nSPS) is 22.7. The van der Waals surface area contributed by atoms with E-state index in [4.69, 9.17) is 9.73 Å². The van der Waals surface area contributed by atoms with Crippen molar-refractivity contribution >= 4 is 22.6 Å². The summed E-state index contributed by atoms with van der Waals surface area (Å²) in [7, 11) is 0. The van der Waals surface area contributed by atoms with E-state index in [2.05, 4.69) is 19.2 Å². The molecule has 0 fully saturated rings. The van der Waals surface area contributed by atoms with Gasteiger partial charge in [0.05, 0.1) is 12.1 Å². The Labute approximate surface area is 113 Å². The smallest absolute Gasteiger partial charge is 0.161 e. The van der Waals surface area contributed by atoms with Crippen molar-refractivity contribution in [1.82, 2.24) is 0 Å². The Kier molecular flexibility index (Phi) is 4.17. The summed E-state index contributed by atoms with van der Waals surface area (Å²) >= 11 is 1.79. The van der Waals surface area contributed by atoms with Crippen LogP contribution in [-0.2, 0) is 0 Å². The highest BCUT2D eigenvalue weighted by atomic mass is 32.2. The molecule has 4 heteroatoms. The topological polar surface area (TPSA) is 33.6 Å². The summed E-state index contributed by atoms with van der Waals surface area (Å²) in [5, 5.41) is 4.37. The molecule has 0 radical (unpaired) electrons. The quantitative estimate of drug-likeness (QED) is 0.898. The van der Waals surface area contributed by atoms with Crippen LogP contribution < -0.4 is 10.1 Å². The number of nitrogens with one attached hydrogen (secondary N) is 1. The molecule has 0 amide bonds. The maximum absolute atomic E-state index is 5.49. The summed E-state index contributed by atoms with van der Waals surface area (Å²) in [6, 6.07) is 8.00. The fourth-order valence-electron chi connectivity index (χ4n) is 1.73. The first-order valence-electron chi connectivity index (χ1n) is 6.38. The molecule has 1 aliphatic heterocycles. The Morgan fingerprint density at radius 1 is 1.44 bits per heavy atom. The largest absolute Gasteiger partial charge is 0.494 e. The molecule has 0 aliphatic carbocycles. The van der Waals surface area contributed by atoms with Gasteiger partial charge in [0.15, 0.2) is 5.17 Å². The van der Waals surface area contributed by atoms with Crippen molar-refractivity contribution in [2.75, 3.05) is 17.7 Å². The molecule has 1 N–H and O–H groups in total. The average molecular weight is 264 g/mol. The number of hydrogen-bond acceptors (Lipinski definition) is 4. The van der Waals surface area contributed by atoms with E-state index in [1.807, 2.05) is 31.2 Å². The van der Waals surface area contributed by atoms with Gasteiger partial charge in [-0.15, -0.1) is 0 Å². The summed E-state index contributed by atoms with van der Waals surface area (Å²) in [4.78, 5) is 4.74. The monoisotopic (exact) mass is 264 g/mol. The summed E-state index contributed by atoms with van der Waals surface area (Å²) in [5.74, 6) is 1.95. The summed E-state index contributed by atoms with van der Waals surface area (Å²) < 4.78 is 5.49. The highest BCUT2D eigenvalue weighted by molar-refractivity contribution is 8.14. The van der Waals surface area contributed by atoms with Crippen LogP contribution in [0, 0.1) is 0 Å². The number of ether oxygens (including phenoxy) is 1. The zero-order valence-corrected chi connectivity index (χ0v) is 12.0. The molecule has 2 rings (SSSR count). The van der Waals surface area contributed by atoms with Gasteiger partial charge in [0.25, 0.3) is 0 Å². The Hall–Kier alpha value is -1.16. The fraction of sp³-hybridized carbons (Fsp3) is 0.500. The first-order valence-corrected chi connectivity index (χ1v) is 7.36. The molecule has 1 aromatic carbocycles. The van der Waals surface area contributed by atoms with Gasteiger partial charge in [-0.25, -0.2) is 0 Å². The molecule has 1 unspecified atom stereocenters. The number of nitrogens with zero attached hydrogens (tertiary/aromatic N) is 1. The third kappa shape index (κ3) is 3.19. The minimum absolute atomic E-state index is 0.0878. The first kappa shape index (κ1) is 13.3. The number of aliphatic imine (C=N–C) groups is 1. The third-order valence-electron chi connectivity index (χ3n) is 3.05. The lowest BCUT2D eigenvalue weighted by molar-refractivity contribution is 0.340. The molecule has 0 aromatic heterocycles. The van der Waals surface area contributed by atoms with Gasteiger partial charge >= 0.3 is 0 Å². The van der Waals surface area contributed by atoms with Gasteiger partial charge in [-0.1, -0.05) is 24.8 Å². The Morgan fingerprint density at radius 3 is 2.94 bits per heavy atom. The van der Waals surface area contributed by atoms with E-state index >= 15 is 0 Å². The van der Waals surface area contributed by atoms with Crippen LogP contribution in [0.25, 0.3) is 0 Å². The second-order valence-electron chi connectivity index (χ2n) is 4.64. The van der Waals surface area contributed by atoms with Crippen LogP contribution in [0.5, 0.6) is 5.75 Å². The zero-order valence-electron chi connectivity index (χ0n) is 11.2. The Morgan fingerprint density at radius 2 is 2.28 bits per heavy atom. The van der Waals surface area contributed by atoms with E-state index in [1.165, 1.54) is 0 Å². The van der Waals surface area contributed by atoms with Gasteiger partial charge in [0, 0.05) is 17.5 Å². The molecule has 3 nitrogen and oxygen atoms in total. The van der Waals surface area contributed by atoms with E-state index in [-0.39, 0.29) is 5.54 Å². The second kappa shape index (κ2) is 5.65. The number of thioether (sulfide) groups is 1. The molecule has 1 atom stereocenters. The minimum atomic E-state index is 0.0878. The molecule has 0 spiro atoms. The number of benzene rings is 1. The van der Waals surface area contributed by atoms with E-state index in [0.29, 0.717) is 6.61 Å². The van der Waals surface area contributed by atoms with Gasteiger partial charge in [0.1, 0.15) is 5.75 Å². The zero-order chi connectivity index (χ0) is 13.0. The van der Waals surface area contributed by atoms with Crippen molar-refractivity contribution in [2.24, 2.45) is 4.99 Å². The molecule has 1 aliphatic rings. The van der Waals surface area contributed by atoms with Crippen molar-refractivity contribution in [3.8, 4) is 5.75 Å². The third-order valence-corrected chi connectivity index (χ3v) is 4.28. The van der Waals surface area contributed by atoms with Crippen LogP contribution in [0.1, 0.15) is 27.2 Å². The van der Waals surface area contributed by atoms with Crippen molar-refractivity contribution in [3.05, 3.63) is 24.3 Å². The van der Waals surface area contributed by atoms with Crippen LogP contribution in [-0.4, -0.2) is 23.1 Å². The number of anilines is 1. The van der Waals surface area contributed by atoms with Crippen LogP contribution in [0.2, 0.25) is 0 Å². The van der Waals surface area contributed by atoms with E-state index in [9.17, 15) is 0 Å². The van der Waals surface area contributed by atoms with Crippen LogP contribution in [0.15, 0.2) is 29.3 Å². The second-order valence-corrected chi connectivity index (χ2v) is 5.61. The molecule has 1 heterocycles. The summed E-state index contributed by atoms with van der Waals surface area (Å²) in [6.45, 7) is 7.06. The molecule has 0 bridgehead atoms. The predicted octanol–water partition coefficient (Wildman–Crippen LogP) is 3.77. The maximum atomic E-state index is 5.49. The van der Waals surface area contributed by atoms with Crippen LogP contribution in [0.3, 0.4) is 0 Å². The molecular formula is C14H20N2OS. The molecule has 98 valence electrons. The van der Waals surface area contributed by atoms with Crippen molar-refractivity contribution < 1.29 is 4.74 Å². The van der Waals surface area contributed by atoms with Gasteiger partial charge in [-0.05, 0) is 32.4 Å². The molecule has 18 heavy (non-hydrogen) atoms. The number of amidine groups is 1. The molecular weight excluding hydrogens is 244 g/mol. The minimum Gasteiger partial charge on any atom is -0.494 e. The highest BCUT2D eigenvalue weighted by Crippen LogP contribution is 2.31. The van der Waals surface area contributed by atoms with Crippen molar-refractivity contribution in [2.45, 2.75) is 32.7 Å². The molecule has 0 saturated carbocycles. The van der Waals surface area contributed by atoms with Gasteiger partial charge in [0.2, 0.25) is 0 Å². The van der Waals surface area contributed by atoms with Gasteiger partial charge in [-0.2, -0.15) is 0 Å². The summed E-state index contributed by atoms with van der Waals surface area (Å²) in [6.07, 6.45) is 1.07. The van der Waals surface area contributed by atoms with Crippen LogP contribution in [0.4, 0.5) is 5.69 Å². The highest BCUT2D eigenvalue weighted by Gasteiger charge is 2.28. The lowest BCUT2D eigenvalue weighted by Gasteiger charge is -2.15. The van der Waals surface area contributed by atoms with Gasteiger partial charge < -0.3 is 10.1 Å². The summed E-state index contributed by atoms with van der Waals surface area (Å²) in [5.41, 5.74) is 1.12. The Bertz CT molecular complexity index is 447. The van der Waals surface area contributed by atoms with E-state index in [0.717, 1.165) is 28.8 Å². The molecule has 0 saturated heterocycles. The lowest BCUT2D eigenvalue weighted by atomic mass is 10.0. The first-order chi connectivity index (χ1) is 8.65. The average Bonchev–Trinajstić information content (AvgIpc) is 2.73. The van der Waals surface area contributed by atoms with Crippen molar-refractivity contribution in [3.63, 3.8) is 0 Å². The van der Waals surface area contributed by atoms with E-state index < -0.39 is 0 Å². The van der Waals surface area contributed by atoms with E-state index in [1.54, 1.807) is 11.8 Å². The lowest BCUT2D eigenvalue weighted by Crippen LogP contribution is -2.20. The van der Waals surface area contributed by atoms with Crippen molar-refractivity contribution in [1.29, 1.82) is 0 Å². The SMILES string of the molecule is CCOc1cccc(NC2=NC(C)(CC)CS2)c1. The van der Waals surface area contributed by atoms with Crippen LogP contribution >= 0.6 is 11.8 Å². The maximum Gasteiger partial charge on any atom is 0.161 e.